The minimum absolute atomic E-state index is 0.535. The van der Waals surface area contributed by atoms with E-state index in [1.165, 1.54) is 5.75 Å². The molecule has 2 heterocycles. The van der Waals surface area contributed by atoms with Crippen molar-refractivity contribution in [3.8, 4) is 0 Å². The van der Waals surface area contributed by atoms with Gasteiger partial charge in [-0.2, -0.15) is 16.7 Å². The highest BCUT2D eigenvalue weighted by molar-refractivity contribution is 7.99. The highest BCUT2D eigenvalue weighted by Gasteiger charge is 2.23. The molecule has 1 atom stereocenters. The fraction of sp³-hybridized carbons (Fsp3) is 0.818. The third-order valence-corrected chi connectivity index (χ3v) is 3.86. The highest BCUT2D eigenvalue weighted by Crippen LogP contribution is 2.20. The van der Waals surface area contributed by atoms with Crippen molar-refractivity contribution < 1.29 is 4.52 Å². The van der Waals surface area contributed by atoms with Gasteiger partial charge in [0.2, 0.25) is 5.89 Å². The molecule has 5 nitrogen and oxygen atoms in total. The molecule has 0 spiro atoms. The predicted octanol–water partition coefficient (Wildman–Crippen LogP) is 1.20. The van der Waals surface area contributed by atoms with Crippen LogP contribution in [-0.4, -0.2) is 39.1 Å². The van der Waals surface area contributed by atoms with E-state index in [2.05, 4.69) is 22.0 Å². The van der Waals surface area contributed by atoms with Crippen molar-refractivity contribution in [3.05, 3.63) is 11.7 Å². The summed E-state index contributed by atoms with van der Waals surface area (Å²) in [5, 5.41) is 4.61. The Bertz CT molecular complexity index is 374. The molecule has 0 radical (unpaired) electrons. The Morgan fingerprint density at radius 2 is 2.35 bits per heavy atom. The zero-order valence-electron chi connectivity index (χ0n) is 10.6. The monoisotopic (exact) mass is 256 g/mol. The molecule has 96 valence electrons. The molecule has 17 heavy (non-hydrogen) atoms. The van der Waals surface area contributed by atoms with Crippen molar-refractivity contribution in [2.24, 2.45) is 5.73 Å². The first-order valence-electron chi connectivity index (χ1n) is 5.91. The zero-order valence-corrected chi connectivity index (χ0v) is 11.5. The molecule has 1 aliphatic heterocycles. The second-order valence-corrected chi connectivity index (χ2v) is 6.70. The molecule has 1 saturated heterocycles. The molecule has 1 aromatic heterocycles. The summed E-state index contributed by atoms with van der Waals surface area (Å²) in [6.07, 6.45) is 0. The quantitative estimate of drug-likeness (QED) is 0.876. The van der Waals surface area contributed by atoms with E-state index in [0.29, 0.717) is 17.0 Å². The molecule has 0 saturated carbocycles. The Labute approximate surface area is 106 Å². The fourth-order valence-electron chi connectivity index (χ4n) is 1.81. The lowest BCUT2D eigenvalue weighted by molar-refractivity contribution is 0.234. The Morgan fingerprint density at radius 3 is 2.94 bits per heavy atom. The van der Waals surface area contributed by atoms with E-state index in [-0.39, 0.29) is 0 Å². The summed E-state index contributed by atoms with van der Waals surface area (Å²) in [6.45, 7) is 8.89. The second kappa shape index (κ2) is 4.96. The van der Waals surface area contributed by atoms with Crippen molar-refractivity contribution >= 4 is 11.8 Å². The fourth-order valence-corrected chi connectivity index (χ4v) is 2.89. The third-order valence-electron chi connectivity index (χ3n) is 2.73. The van der Waals surface area contributed by atoms with Crippen LogP contribution in [0.5, 0.6) is 0 Å². The van der Waals surface area contributed by atoms with Gasteiger partial charge in [-0.05, 0) is 13.8 Å². The van der Waals surface area contributed by atoms with Crippen LogP contribution in [0.1, 0.15) is 32.5 Å². The summed E-state index contributed by atoms with van der Waals surface area (Å²) in [5.74, 6) is 2.41. The second-order valence-electron chi connectivity index (χ2n) is 5.15. The van der Waals surface area contributed by atoms with Crippen LogP contribution in [0.3, 0.4) is 0 Å². The van der Waals surface area contributed by atoms with Gasteiger partial charge in [-0.15, -0.1) is 0 Å². The first-order chi connectivity index (χ1) is 7.95. The SMILES string of the molecule is CC1CN(Cc2nc(C(C)(C)N)no2)CCS1. The standard InChI is InChI=1S/C11H20N4OS/c1-8-6-15(4-5-17-8)7-9-13-10(14-16-9)11(2,3)12/h8H,4-7,12H2,1-3H3. The third kappa shape index (κ3) is 3.43. The van der Waals surface area contributed by atoms with Crippen LogP contribution in [0.4, 0.5) is 0 Å². The Hall–Kier alpha value is -0.590. The first-order valence-corrected chi connectivity index (χ1v) is 6.96. The smallest absolute Gasteiger partial charge is 0.240 e. The van der Waals surface area contributed by atoms with Crippen LogP contribution in [0.15, 0.2) is 4.52 Å². The molecule has 0 aromatic carbocycles. The van der Waals surface area contributed by atoms with Gasteiger partial charge in [-0.1, -0.05) is 12.1 Å². The van der Waals surface area contributed by atoms with Gasteiger partial charge in [-0.25, -0.2) is 0 Å². The van der Waals surface area contributed by atoms with Crippen LogP contribution in [0.25, 0.3) is 0 Å². The molecule has 2 N–H and O–H groups in total. The van der Waals surface area contributed by atoms with Crippen LogP contribution in [0, 0.1) is 0 Å². The number of hydrogen-bond acceptors (Lipinski definition) is 6. The number of hydrogen-bond donors (Lipinski definition) is 1. The number of nitrogens with zero attached hydrogens (tertiary/aromatic N) is 3. The van der Waals surface area contributed by atoms with E-state index < -0.39 is 5.54 Å². The molecular formula is C11H20N4OS. The van der Waals surface area contributed by atoms with Crippen LogP contribution < -0.4 is 5.73 Å². The van der Waals surface area contributed by atoms with Gasteiger partial charge in [0.25, 0.3) is 0 Å². The summed E-state index contributed by atoms with van der Waals surface area (Å²) in [7, 11) is 0. The molecule has 6 heteroatoms. The summed E-state index contributed by atoms with van der Waals surface area (Å²) >= 11 is 2.01. The number of rotatable bonds is 3. The average Bonchev–Trinajstić information content (AvgIpc) is 2.65. The lowest BCUT2D eigenvalue weighted by Gasteiger charge is -2.29. The summed E-state index contributed by atoms with van der Waals surface area (Å²) < 4.78 is 5.24. The van der Waals surface area contributed by atoms with Crippen molar-refractivity contribution in [3.63, 3.8) is 0 Å². The molecule has 2 rings (SSSR count). The van der Waals surface area contributed by atoms with Gasteiger partial charge in [0.15, 0.2) is 5.82 Å². The molecule has 1 unspecified atom stereocenters. The van der Waals surface area contributed by atoms with E-state index in [9.17, 15) is 0 Å². The van der Waals surface area contributed by atoms with Crippen molar-refractivity contribution in [2.45, 2.75) is 38.1 Å². The van der Waals surface area contributed by atoms with Crippen molar-refractivity contribution in [1.82, 2.24) is 15.0 Å². The van der Waals surface area contributed by atoms with Gasteiger partial charge >= 0.3 is 0 Å². The van der Waals surface area contributed by atoms with E-state index >= 15 is 0 Å². The molecule has 1 fully saturated rings. The molecule has 1 aliphatic rings. The summed E-state index contributed by atoms with van der Waals surface area (Å²) in [6, 6.07) is 0. The van der Waals surface area contributed by atoms with E-state index in [1.54, 1.807) is 0 Å². The topological polar surface area (TPSA) is 68.2 Å². The van der Waals surface area contributed by atoms with E-state index in [1.807, 2.05) is 25.6 Å². The number of nitrogens with two attached hydrogens (primary N) is 1. The normalized spacial score (nSPS) is 22.9. The minimum atomic E-state index is -0.535. The van der Waals surface area contributed by atoms with Crippen molar-refractivity contribution in [2.75, 3.05) is 18.8 Å². The summed E-state index contributed by atoms with van der Waals surface area (Å²) in [5.41, 5.74) is 5.39. The van der Waals surface area contributed by atoms with Gasteiger partial charge in [0.05, 0.1) is 12.1 Å². The maximum absolute atomic E-state index is 5.92. The van der Waals surface area contributed by atoms with E-state index in [0.717, 1.165) is 19.6 Å². The molecule has 1 aromatic rings. The maximum Gasteiger partial charge on any atom is 0.240 e. The van der Waals surface area contributed by atoms with Crippen LogP contribution in [-0.2, 0) is 12.1 Å². The zero-order chi connectivity index (χ0) is 12.5. The van der Waals surface area contributed by atoms with E-state index in [4.69, 9.17) is 10.3 Å². The predicted molar refractivity (Wildman–Crippen MR) is 68.7 cm³/mol. The average molecular weight is 256 g/mol. The Balaban J connectivity index is 1.97. The van der Waals surface area contributed by atoms with Crippen LogP contribution >= 0.6 is 11.8 Å². The van der Waals surface area contributed by atoms with Gasteiger partial charge in [0, 0.05) is 24.1 Å². The largest absolute Gasteiger partial charge is 0.338 e. The Kier molecular flexibility index (Phi) is 3.75. The Morgan fingerprint density at radius 1 is 1.59 bits per heavy atom. The molecule has 0 bridgehead atoms. The minimum Gasteiger partial charge on any atom is -0.338 e. The number of thioether (sulfide) groups is 1. The van der Waals surface area contributed by atoms with Crippen molar-refractivity contribution in [1.29, 1.82) is 0 Å². The first kappa shape index (κ1) is 12.9. The van der Waals surface area contributed by atoms with Gasteiger partial charge < -0.3 is 10.3 Å². The molecular weight excluding hydrogens is 236 g/mol. The maximum atomic E-state index is 5.92. The van der Waals surface area contributed by atoms with Gasteiger partial charge in [0.1, 0.15) is 0 Å². The lowest BCUT2D eigenvalue weighted by atomic mass is 10.1. The highest BCUT2D eigenvalue weighted by atomic mass is 32.2. The van der Waals surface area contributed by atoms with Gasteiger partial charge in [-0.3, -0.25) is 4.90 Å². The summed E-state index contributed by atoms with van der Waals surface area (Å²) in [4.78, 5) is 6.70. The number of aromatic nitrogens is 2. The lowest BCUT2D eigenvalue weighted by Crippen LogP contribution is -2.36. The van der Waals surface area contributed by atoms with Crippen LogP contribution in [0.2, 0.25) is 0 Å². The molecule has 0 amide bonds. The molecule has 0 aliphatic carbocycles.